The molecule has 0 aliphatic carbocycles. The molecule has 15 heavy (non-hydrogen) atoms. The predicted molar refractivity (Wildman–Crippen MR) is 61.9 cm³/mol. The van der Waals surface area contributed by atoms with Gasteiger partial charge in [0.15, 0.2) is 0 Å². The van der Waals surface area contributed by atoms with Gasteiger partial charge in [-0.05, 0) is 19.3 Å². The van der Waals surface area contributed by atoms with E-state index in [1.54, 1.807) is 0 Å². The van der Waals surface area contributed by atoms with Crippen molar-refractivity contribution >= 4 is 0 Å². The van der Waals surface area contributed by atoms with E-state index in [4.69, 9.17) is 0 Å². The molecule has 1 fully saturated rings. The van der Waals surface area contributed by atoms with Crippen molar-refractivity contribution in [3.8, 4) is 0 Å². The van der Waals surface area contributed by atoms with Crippen LogP contribution in [0.3, 0.4) is 0 Å². The van der Waals surface area contributed by atoms with Crippen LogP contribution < -0.4 is 0 Å². The summed E-state index contributed by atoms with van der Waals surface area (Å²) in [5.41, 5.74) is 1.48. The predicted octanol–water partition coefficient (Wildman–Crippen LogP) is 2.64. The van der Waals surface area contributed by atoms with Gasteiger partial charge in [0.05, 0.1) is 20.1 Å². The van der Waals surface area contributed by atoms with Gasteiger partial charge in [-0.3, -0.25) is 0 Å². The Morgan fingerprint density at radius 1 is 1.00 bits per heavy atom. The molecule has 0 bridgehead atoms. The second kappa shape index (κ2) is 5.29. The van der Waals surface area contributed by atoms with E-state index in [1.165, 1.54) is 48.9 Å². The van der Waals surface area contributed by atoms with Crippen LogP contribution in [0, 0.1) is 0 Å². The second-order valence-corrected chi connectivity index (χ2v) is 4.77. The fourth-order valence-electron chi connectivity index (χ4n) is 2.46. The summed E-state index contributed by atoms with van der Waals surface area (Å²) in [6.07, 6.45) is 4.25. The van der Waals surface area contributed by atoms with E-state index >= 15 is 0 Å². The molecule has 1 heterocycles. The Morgan fingerprint density at radius 2 is 1.60 bits per heavy atom. The van der Waals surface area contributed by atoms with Gasteiger partial charge in [-0.25, -0.2) is 0 Å². The zero-order chi connectivity index (χ0) is 9.86. The van der Waals surface area contributed by atoms with E-state index in [9.17, 15) is 0 Å². The van der Waals surface area contributed by atoms with Crippen LogP contribution in [-0.4, -0.2) is 30.1 Å². The highest BCUT2D eigenvalue weighted by molar-refractivity contribution is 5.13. The lowest BCUT2D eigenvalue weighted by molar-refractivity contribution is -0.926. The number of piperidine rings is 1. The number of hydrogen-bond acceptors (Lipinski definition) is 1. The Bertz CT molecular complexity index is 278. The van der Waals surface area contributed by atoms with Crippen LogP contribution in [0.15, 0.2) is 30.3 Å². The third-order valence-corrected chi connectivity index (χ3v) is 3.30. The zero-order valence-electron chi connectivity index (χ0n) is 9.52. The standard InChI is InChI=1S/C13H20N.H2O/c1-14(10-6-3-7-11-14)12-13-8-4-2-5-9-13;/h2,4-5,8-9H,3,6-7,10-12H2,1H3;1H2/q+1;/p-1. The largest absolute Gasteiger partial charge is 0.870 e. The third-order valence-electron chi connectivity index (χ3n) is 3.30. The van der Waals surface area contributed by atoms with Crippen molar-refractivity contribution in [1.82, 2.24) is 0 Å². The molecule has 1 aromatic rings. The topological polar surface area (TPSA) is 30.0 Å². The van der Waals surface area contributed by atoms with Gasteiger partial charge in [0.1, 0.15) is 6.54 Å². The van der Waals surface area contributed by atoms with Crippen LogP contribution >= 0.6 is 0 Å². The first-order valence-electron chi connectivity index (χ1n) is 5.66. The maximum atomic E-state index is 2.40. The first-order chi connectivity index (χ1) is 6.79. The lowest BCUT2D eigenvalue weighted by Crippen LogP contribution is -2.46. The van der Waals surface area contributed by atoms with Crippen molar-refractivity contribution in [3.63, 3.8) is 0 Å². The Morgan fingerprint density at radius 3 is 2.20 bits per heavy atom. The van der Waals surface area contributed by atoms with Gasteiger partial charge in [0.25, 0.3) is 0 Å². The second-order valence-electron chi connectivity index (χ2n) is 4.77. The van der Waals surface area contributed by atoms with Gasteiger partial charge in [0.2, 0.25) is 0 Å². The van der Waals surface area contributed by atoms with E-state index < -0.39 is 0 Å². The van der Waals surface area contributed by atoms with E-state index in [1.807, 2.05) is 0 Å². The number of hydrogen-bond donors (Lipinski definition) is 0. The highest BCUT2D eigenvalue weighted by Crippen LogP contribution is 2.19. The Kier molecular flexibility index (Phi) is 4.30. The van der Waals surface area contributed by atoms with Gasteiger partial charge in [-0.15, -0.1) is 0 Å². The molecule has 2 nitrogen and oxygen atoms in total. The molecular formula is C13H21NO. The minimum absolute atomic E-state index is 0. The number of benzene rings is 1. The molecule has 1 saturated heterocycles. The highest BCUT2D eigenvalue weighted by atomic mass is 16.0. The highest BCUT2D eigenvalue weighted by Gasteiger charge is 2.24. The van der Waals surface area contributed by atoms with Crippen LogP contribution in [-0.2, 0) is 6.54 Å². The summed E-state index contributed by atoms with van der Waals surface area (Å²) in [5.74, 6) is 0. The molecule has 0 atom stereocenters. The summed E-state index contributed by atoms with van der Waals surface area (Å²) < 4.78 is 1.24. The van der Waals surface area contributed by atoms with Crippen molar-refractivity contribution in [2.75, 3.05) is 20.1 Å². The number of rotatable bonds is 2. The maximum absolute atomic E-state index is 2.40. The van der Waals surface area contributed by atoms with Crippen LogP contribution in [0.2, 0.25) is 0 Å². The molecule has 1 N–H and O–H groups in total. The Balaban J connectivity index is 0.00000112. The van der Waals surface area contributed by atoms with Gasteiger partial charge in [-0.1, -0.05) is 30.3 Å². The number of quaternary nitrogens is 1. The number of nitrogens with zero attached hydrogens (tertiary/aromatic N) is 1. The molecule has 1 aliphatic rings. The molecular weight excluding hydrogens is 186 g/mol. The van der Waals surface area contributed by atoms with Crippen LogP contribution in [0.1, 0.15) is 24.8 Å². The van der Waals surface area contributed by atoms with Crippen molar-refractivity contribution in [2.24, 2.45) is 0 Å². The molecule has 84 valence electrons. The van der Waals surface area contributed by atoms with Crippen molar-refractivity contribution in [3.05, 3.63) is 35.9 Å². The average molecular weight is 207 g/mol. The van der Waals surface area contributed by atoms with Crippen molar-refractivity contribution in [1.29, 1.82) is 0 Å². The summed E-state index contributed by atoms with van der Waals surface area (Å²) >= 11 is 0. The smallest absolute Gasteiger partial charge is 0.104 e. The average Bonchev–Trinajstić information content (AvgIpc) is 2.19. The lowest BCUT2D eigenvalue weighted by atomic mass is 10.1. The monoisotopic (exact) mass is 207 g/mol. The molecule has 1 aromatic carbocycles. The zero-order valence-corrected chi connectivity index (χ0v) is 9.52. The molecule has 0 aromatic heterocycles. The molecule has 0 spiro atoms. The summed E-state index contributed by atoms with van der Waals surface area (Å²) in [5, 5.41) is 0. The SMILES string of the molecule is C[N+]1(Cc2ccccc2)CCCCC1.[OH-]. The fraction of sp³-hybridized carbons (Fsp3) is 0.538. The minimum Gasteiger partial charge on any atom is -0.870 e. The summed E-state index contributed by atoms with van der Waals surface area (Å²) in [4.78, 5) is 0. The first kappa shape index (κ1) is 12.2. The molecule has 0 radical (unpaired) electrons. The molecule has 0 amide bonds. The van der Waals surface area contributed by atoms with Gasteiger partial charge in [0, 0.05) is 5.56 Å². The third kappa shape index (κ3) is 3.33. The van der Waals surface area contributed by atoms with Gasteiger partial charge in [-0.2, -0.15) is 0 Å². The van der Waals surface area contributed by atoms with Gasteiger partial charge >= 0.3 is 0 Å². The molecule has 1 aliphatic heterocycles. The number of likely N-dealkylation sites (tertiary alicyclic amines) is 1. The normalized spacial score (nSPS) is 19.3. The van der Waals surface area contributed by atoms with E-state index in [0.29, 0.717) is 0 Å². The first-order valence-corrected chi connectivity index (χ1v) is 5.66. The van der Waals surface area contributed by atoms with Crippen LogP contribution in [0.25, 0.3) is 0 Å². The van der Waals surface area contributed by atoms with Crippen molar-refractivity contribution in [2.45, 2.75) is 25.8 Å². The Labute approximate surface area is 92.4 Å². The summed E-state index contributed by atoms with van der Waals surface area (Å²) in [6, 6.07) is 10.9. The quantitative estimate of drug-likeness (QED) is 0.686. The van der Waals surface area contributed by atoms with Crippen LogP contribution in [0.4, 0.5) is 0 Å². The summed E-state index contributed by atoms with van der Waals surface area (Å²) in [7, 11) is 2.40. The van der Waals surface area contributed by atoms with E-state index in [2.05, 4.69) is 37.4 Å². The summed E-state index contributed by atoms with van der Waals surface area (Å²) in [6.45, 7) is 3.92. The molecule has 2 rings (SSSR count). The maximum Gasteiger partial charge on any atom is 0.104 e. The van der Waals surface area contributed by atoms with Gasteiger partial charge < -0.3 is 9.96 Å². The van der Waals surface area contributed by atoms with Crippen molar-refractivity contribution < 1.29 is 9.96 Å². The van der Waals surface area contributed by atoms with Crippen LogP contribution in [0.5, 0.6) is 0 Å². The Hall–Kier alpha value is -0.860. The molecule has 2 heteroatoms. The lowest BCUT2D eigenvalue weighted by Gasteiger charge is -2.37. The van der Waals surface area contributed by atoms with E-state index in [0.717, 1.165) is 0 Å². The van der Waals surface area contributed by atoms with E-state index in [-0.39, 0.29) is 5.48 Å². The molecule has 0 unspecified atom stereocenters. The molecule has 0 saturated carbocycles. The minimum atomic E-state index is 0. The fourth-order valence-corrected chi connectivity index (χ4v) is 2.46.